The van der Waals surface area contributed by atoms with Crippen LogP contribution in [-0.4, -0.2) is 51.2 Å². The lowest BCUT2D eigenvalue weighted by Crippen LogP contribution is -2.65. The molecule has 0 bridgehead atoms. The number of carbonyl (C=O) groups excluding carboxylic acids is 1. The number of carbonyl (C=O) groups is 1. The summed E-state index contributed by atoms with van der Waals surface area (Å²) >= 11 is 0. The maximum atomic E-state index is 12.8. The maximum absolute atomic E-state index is 12.8. The fourth-order valence-electron chi connectivity index (χ4n) is 2.45. The summed E-state index contributed by atoms with van der Waals surface area (Å²) in [4.78, 5) is 13.8. The largest absolute Gasteiger partial charge is 0.346 e. The Hall–Kier alpha value is -1.18. The number of hydrogen-bond acceptors (Lipinski definition) is 3. The van der Waals surface area contributed by atoms with Crippen molar-refractivity contribution in [2.24, 2.45) is 0 Å². The molecule has 0 aliphatic carbocycles. The van der Waals surface area contributed by atoms with E-state index < -0.39 is 18.3 Å². The number of hydrogen-bond donors (Lipinski definition) is 0. The van der Waals surface area contributed by atoms with E-state index in [1.165, 1.54) is 3.97 Å². The highest BCUT2D eigenvalue weighted by molar-refractivity contribution is 7.90. The van der Waals surface area contributed by atoms with Crippen LogP contribution in [0.2, 0.25) is 13.1 Å². The van der Waals surface area contributed by atoms with Gasteiger partial charge in [-0.1, -0.05) is 30.8 Å². The highest BCUT2D eigenvalue weighted by Gasteiger charge is 2.45. The van der Waals surface area contributed by atoms with Gasteiger partial charge >= 0.3 is 0 Å². The molecule has 0 spiro atoms. The van der Waals surface area contributed by atoms with E-state index in [0.29, 0.717) is 6.17 Å². The Labute approximate surface area is 121 Å². The van der Waals surface area contributed by atoms with Crippen molar-refractivity contribution in [3.63, 3.8) is 0 Å². The van der Waals surface area contributed by atoms with Crippen LogP contribution in [-0.2, 0) is 14.8 Å². The fourth-order valence-corrected chi connectivity index (χ4v) is 8.62. The first-order valence-electron chi connectivity index (χ1n) is 6.48. The van der Waals surface area contributed by atoms with Crippen LogP contribution in [0, 0.1) is 6.92 Å². The molecular formula is C13H20N2O3SSi. The van der Waals surface area contributed by atoms with Crippen LogP contribution in [0.4, 0.5) is 0 Å². The van der Waals surface area contributed by atoms with Gasteiger partial charge in [-0.05, 0) is 19.1 Å². The van der Waals surface area contributed by atoms with Gasteiger partial charge in [0.15, 0.2) is 8.24 Å². The predicted molar refractivity (Wildman–Crippen MR) is 80.2 cm³/mol. The number of likely N-dealkylation sites (N-methyl/N-ethyl adjacent to an activating group) is 1. The normalized spacial score (nSPS) is 20.2. The maximum Gasteiger partial charge on any atom is 0.237 e. The SMILES string of the molecule is Cc1ccc(S(=O)(=O)N2CC(=O)N(C)C[Si]2(C)C)cc1. The number of nitrogens with zero attached hydrogens (tertiary/aromatic N) is 2. The molecule has 110 valence electrons. The minimum absolute atomic E-state index is 0.0497. The second-order valence-electron chi connectivity index (χ2n) is 5.89. The van der Waals surface area contributed by atoms with Crippen LogP contribution < -0.4 is 0 Å². The average molecular weight is 312 g/mol. The van der Waals surface area contributed by atoms with E-state index in [1.807, 2.05) is 20.0 Å². The summed E-state index contributed by atoms with van der Waals surface area (Å²) in [6, 6.07) is 6.77. The Kier molecular flexibility index (Phi) is 3.79. The molecule has 1 aromatic carbocycles. The third-order valence-corrected chi connectivity index (χ3v) is 10.2. The molecule has 0 aromatic heterocycles. The summed E-state index contributed by atoms with van der Waals surface area (Å²) in [5.74, 6) is -0.146. The lowest BCUT2D eigenvalue weighted by molar-refractivity contribution is -0.129. The molecule has 0 unspecified atom stereocenters. The number of benzene rings is 1. The lowest BCUT2D eigenvalue weighted by atomic mass is 10.2. The summed E-state index contributed by atoms with van der Waals surface area (Å²) in [7, 11) is -4.07. The van der Waals surface area contributed by atoms with Crippen molar-refractivity contribution in [2.45, 2.75) is 24.9 Å². The molecule has 2 rings (SSSR count). The summed E-state index contributed by atoms with van der Waals surface area (Å²) in [5, 5.41) is 0. The first kappa shape index (κ1) is 15.2. The number of sulfonamides is 1. The summed E-state index contributed by atoms with van der Waals surface area (Å²) < 4.78 is 27.0. The quantitative estimate of drug-likeness (QED) is 0.771. The zero-order valence-electron chi connectivity index (χ0n) is 12.3. The monoisotopic (exact) mass is 312 g/mol. The van der Waals surface area contributed by atoms with Gasteiger partial charge in [0, 0.05) is 13.2 Å². The van der Waals surface area contributed by atoms with Crippen molar-refractivity contribution in [3.05, 3.63) is 29.8 Å². The molecule has 1 amide bonds. The summed E-state index contributed by atoms with van der Waals surface area (Å²) in [6.45, 7) is 5.81. The van der Waals surface area contributed by atoms with Gasteiger partial charge in [0.05, 0.1) is 11.4 Å². The van der Waals surface area contributed by atoms with Crippen LogP contribution in [0.1, 0.15) is 5.56 Å². The Morgan fingerprint density at radius 1 is 1.15 bits per heavy atom. The van der Waals surface area contributed by atoms with Crippen molar-refractivity contribution < 1.29 is 13.2 Å². The molecule has 5 nitrogen and oxygen atoms in total. The van der Waals surface area contributed by atoms with E-state index in [1.54, 1.807) is 36.2 Å². The Morgan fingerprint density at radius 2 is 1.70 bits per heavy atom. The molecule has 20 heavy (non-hydrogen) atoms. The Bertz CT molecular complexity index is 626. The minimum atomic E-state index is -3.60. The third-order valence-electron chi connectivity index (χ3n) is 3.61. The standard InChI is InChI=1S/C13H20N2O3SSi/c1-11-5-7-12(8-6-11)19(17,18)15-9-13(16)14(2)10-20(15,3)4/h5-8H,9-10H2,1-4H3. The zero-order valence-corrected chi connectivity index (χ0v) is 14.1. The molecule has 1 aliphatic rings. The van der Waals surface area contributed by atoms with E-state index in [9.17, 15) is 13.2 Å². The summed E-state index contributed by atoms with van der Waals surface area (Å²) in [5.41, 5.74) is 1.01. The zero-order chi connectivity index (χ0) is 15.1. The predicted octanol–water partition coefficient (Wildman–Crippen LogP) is 1.20. The van der Waals surface area contributed by atoms with Crippen molar-refractivity contribution >= 4 is 24.2 Å². The summed E-state index contributed by atoms with van der Waals surface area (Å²) in [6.07, 6.45) is 0.525. The molecule has 1 saturated heterocycles. The smallest absolute Gasteiger partial charge is 0.237 e. The van der Waals surface area contributed by atoms with Crippen LogP contribution >= 0.6 is 0 Å². The molecule has 7 heteroatoms. The van der Waals surface area contributed by atoms with Gasteiger partial charge in [-0.2, -0.15) is 0 Å². The second kappa shape index (κ2) is 4.98. The van der Waals surface area contributed by atoms with Gasteiger partial charge in [0.25, 0.3) is 0 Å². The molecule has 0 radical (unpaired) electrons. The van der Waals surface area contributed by atoms with Gasteiger partial charge in [-0.25, -0.2) is 12.4 Å². The van der Waals surface area contributed by atoms with E-state index in [2.05, 4.69) is 0 Å². The van der Waals surface area contributed by atoms with E-state index in [0.717, 1.165) is 5.56 Å². The second-order valence-corrected chi connectivity index (χ2v) is 12.6. The van der Waals surface area contributed by atoms with E-state index in [-0.39, 0.29) is 17.3 Å². The van der Waals surface area contributed by atoms with Crippen molar-refractivity contribution in [1.82, 2.24) is 8.87 Å². The first-order chi connectivity index (χ1) is 9.14. The van der Waals surface area contributed by atoms with Crippen LogP contribution in [0.5, 0.6) is 0 Å². The van der Waals surface area contributed by atoms with Crippen molar-refractivity contribution in [1.29, 1.82) is 0 Å². The van der Waals surface area contributed by atoms with Crippen LogP contribution in [0.3, 0.4) is 0 Å². The number of amides is 1. The van der Waals surface area contributed by atoms with Crippen LogP contribution in [0.25, 0.3) is 0 Å². The van der Waals surface area contributed by atoms with Gasteiger partial charge < -0.3 is 4.90 Å². The third kappa shape index (κ3) is 2.65. The first-order valence-corrected chi connectivity index (χ1v) is 11.1. The highest BCUT2D eigenvalue weighted by atomic mass is 32.2. The van der Waals surface area contributed by atoms with Crippen molar-refractivity contribution in [2.75, 3.05) is 19.8 Å². The van der Waals surface area contributed by atoms with Crippen LogP contribution in [0.15, 0.2) is 29.2 Å². The van der Waals surface area contributed by atoms with Gasteiger partial charge in [0.1, 0.15) is 0 Å². The fraction of sp³-hybridized carbons (Fsp3) is 0.462. The molecule has 1 heterocycles. The molecule has 1 aromatic rings. The topological polar surface area (TPSA) is 57.7 Å². The molecule has 0 N–H and O–H groups in total. The lowest BCUT2D eigenvalue weighted by Gasteiger charge is -2.42. The van der Waals surface area contributed by atoms with E-state index >= 15 is 0 Å². The average Bonchev–Trinajstić information content (AvgIpc) is 2.33. The molecule has 0 atom stereocenters. The highest BCUT2D eigenvalue weighted by Crippen LogP contribution is 2.26. The molecule has 0 saturated carbocycles. The Morgan fingerprint density at radius 3 is 2.25 bits per heavy atom. The van der Waals surface area contributed by atoms with Crippen molar-refractivity contribution in [3.8, 4) is 0 Å². The van der Waals surface area contributed by atoms with Gasteiger partial charge in [-0.15, -0.1) is 0 Å². The van der Waals surface area contributed by atoms with E-state index in [4.69, 9.17) is 0 Å². The van der Waals surface area contributed by atoms with Gasteiger partial charge in [0.2, 0.25) is 15.9 Å². The number of aryl methyl sites for hydroxylation is 1. The molecular weight excluding hydrogens is 292 g/mol. The van der Waals surface area contributed by atoms with Gasteiger partial charge in [-0.3, -0.25) is 4.79 Å². The number of rotatable bonds is 2. The molecule has 1 aliphatic heterocycles. The molecule has 1 fully saturated rings. The minimum Gasteiger partial charge on any atom is -0.346 e. The Balaban J connectivity index is 2.42.